The van der Waals surface area contributed by atoms with Crippen LogP contribution in [0.2, 0.25) is 0 Å². The molecule has 0 aromatic heterocycles. The second-order valence-electron chi connectivity index (χ2n) is 7.03. The number of amidine groups is 1. The molecule has 2 heteroatoms. The van der Waals surface area contributed by atoms with Crippen LogP contribution in [0, 0.1) is 6.92 Å². The Kier molecular flexibility index (Phi) is 4.83. The Balaban J connectivity index is 1.59. The maximum absolute atomic E-state index is 5.10. The normalized spacial score (nSPS) is 16.6. The van der Waals surface area contributed by atoms with Crippen LogP contribution in [-0.4, -0.2) is 23.3 Å². The molecule has 3 aromatic rings. The Morgan fingerprint density at radius 1 is 0.808 bits per heavy atom. The highest BCUT2D eigenvalue weighted by atomic mass is 15.3. The van der Waals surface area contributed by atoms with Crippen molar-refractivity contribution in [3.63, 3.8) is 0 Å². The Hall–Kier alpha value is -2.87. The number of aryl methyl sites for hydroxylation is 1. The number of benzene rings is 3. The minimum absolute atomic E-state index is 0.303. The summed E-state index contributed by atoms with van der Waals surface area (Å²) in [5.41, 5.74) is 5.17. The summed E-state index contributed by atoms with van der Waals surface area (Å²) in [6.45, 7) is 3.99. The molecule has 0 bridgehead atoms. The van der Waals surface area contributed by atoms with Crippen LogP contribution >= 0.6 is 0 Å². The van der Waals surface area contributed by atoms with Crippen molar-refractivity contribution in [2.45, 2.75) is 25.9 Å². The summed E-state index contributed by atoms with van der Waals surface area (Å²) in [6.07, 6.45) is 0.988. The van der Waals surface area contributed by atoms with Gasteiger partial charge in [-0.15, -0.1) is 0 Å². The summed E-state index contributed by atoms with van der Waals surface area (Å²) >= 11 is 0. The summed E-state index contributed by atoms with van der Waals surface area (Å²) < 4.78 is 0. The fourth-order valence-electron chi connectivity index (χ4n) is 3.54. The number of hydrogen-bond acceptors (Lipinski definition) is 2. The molecule has 1 unspecified atom stereocenters. The second kappa shape index (κ2) is 7.57. The van der Waals surface area contributed by atoms with Crippen LogP contribution in [0.5, 0.6) is 0 Å². The van der Waals surface area contributed by atoms with Crippen molar-refractivity contribution >= 4 is 5.84 Å². The number of hydrogen-bond donors (Lipinski definition) is 0. The van der Waals surface area contributed by atoms with Gasteiger partial charge >= 0.3 is 0 Å². The first kappa shape index (κ1) is 16.6. The van der Waals surface area contributed by atoms with Crippen LogP contribution in [-0.2, 0) is 13.0 Å². The minimum Gasteiger partial charge on any atom is -0.350 e. The van der Waals surface area contributed by atoms with Crippen molar-refractivity contribution in [2.75, 3.05) is 6.54 Å². The minimum atomic E-state index is 0.303. The lowest BCUT2D eigenvalue weighted by Crippen LogP contribution is -2.30. The van der Waals surface area contributed by atoms with Crippen LogP contribution in [0.15, 0.2) is 89.9 Å². The van der Waals surface area contributed by atoms with E-state index in [1.165, 1.54) is 22.3 Å². The van der Waals surface area contributed by atoms with Gasteiger partial charge in [-0.2, -0.15) is 0 Å². The quantitative estimate of drug-likeness (QED) is 0.647. The highest BCUT2D eigenvalue weighted by Gasteiger charge is 2.26. The van der Waals surface area contributed by atoms with E-state index in [2.05, 4.69) is 96.8 Å². The van der Waals surface area contributed by atoms with Gasteiger partial charge in [0.05, 0.1) is 6.04 Å². The predicted octanol–water partition coefficient (Wildman–Crippen LogP) is 4.87. The second-order valence-corrected chi connectivity index (χ2v) is 7.03. The summed E-state index contributed by atoms with van der Waals surface area (Å²) in [5.74, 6) is 1.12. The molecule has 0 saturated carbocycles. The lowest BCUT2D eigenvalue weighted by Gasteiger charge is -2.21. The van der Waals surface area contributed by atoms with E-state index in [1.54, 1.807) is 0 Å². The van der Waals surface area contributed by atoms with Crippen molar-refractivity contribution in [1.29, 1.82) is 0 Å². The molecule has 0 N–H and O–H groups in total. The first-order valence-corrected chi connectivity index (χ1v) is 9.25. The zero-order valence-electron chi connectivity index (χ0n) is 15.2. The van der Waals surface area contributed by atoms with Crippen molar-refractivity contribution in [2.24, 2.45) is 4.99 Å². The third kappa shape index (κ3) is 3.85. The molecule has 3 aromatic carbocycles. The number of rotatable bonds is 5. The zero-order chi connectivity index (χ0) is 17.8. The van der Waals surface area contributed by atoms with Crippen molar-refractivity contribution < 1.29 is 0 Å². The van der Waals surface area contributed by atoms with Gasteiger partial charge in [0.1, 0.15) is 5.84 Å². The van der Waals surface area contributed by atoms with E-state index < -0.39 is 0 Å². The van der Waals surface area contributed by atoms with E-state index in [0.29, 0.717) is 6.04 Å². The van der Waals surface area contributed by atoms with Crippen LogP contribution in [0.1, 0.15) is 22.3 Å². The standard InChI is InChI=1S/C24H24N2/c1-19-12-14-22(15-13-19)24-25-23(16-20-8-4-2-5-9-20)18-26(24)17-21-10-6-3-7-11-21/h2-15,23H,16-18H2,1H3. The Labute approximate surface area is 155 Å². The van der Waals surface area contributed by atoms with Gasteiger partial charge in [0.2, 0.25) is 0 Å². The molecule has 0 aliphatic carbocycles. The van der Waals surface area contributed by atoms with Gasteiger partial charge in [-0.3, -0.25) is 4.99 Å². The average Bonchev–Trinajstić information content (AvgIpc) is 3.06. The fourth-order valence-corrected chi connectivity index (χ4v) is 3.54. The van der Waals surface area contributed by atoms with Crippen LogP contribution < -0.4 is 0 Å². The van der Waals surface area contributed by atoms with E-state index in [1.807, 2.05) is 0 Å². The molecular weight excluding hydrogens is 316 g/mol. The third-order valence-corrected chi connectivity index (χ3v) is 4.88. The Morgan fingerprint density at radius 2 is 1.42 bits per heavy atom. The molecule has 0 radical (unpaired) electrons. The van der Waals surface area contributed by atoms with Gasteiger partial charge in [-0.25, -0.2) is 0 Å². The summed E-state index contributed by atoms with van der Waals surface area (Å²) in [6, 6.07) is 30.4. The van der Waals surface area contributed by atoms with Crippen LogP contribution in [0.4, 0.5) is 0 Å². The van der Waals surface area contributed by atoms with Gasteiger partial charge in [-0.1, -0.05) is 90.5 Å². The monoisotopic (exact) mass is 340 g/mol. The largest absolute Gasteiger partial charge is 0.350 e. The van der Waals surface area contributed by atoms with Crippen LogP contribution in [0.3, 0.4) is 0 Å². The molecule has 4 rings (SSSR count). The van der Waals surface area contributed by atoms with E-state index in [0.717, 1.165) is 25.3 Å². The zero-order valence-corrected chi connectivity index (χ0v) is 15.2. The summed E-state index contributed by atoms with van der Waals surface area (Å²) in [7, 11) is 0. The third-order valence-electron chi connectivity index (χ3n) is 4.88. The molecule has 0 saturated heterocycles. The van der Waals surface area contributed by atoms with Crippen LogP contribution in [0.25, 0.3) is 0 Å². The highest BCUT2D eigenvalue weighted by molar-refractivity contribution is 6.00. The van der Waals surface area contributed by atoms with E-state index in [9.17, 15) is 0 Å². The molecular formula is C24H24N2. The first-order chi connectivity index (χ1) is 12.8. The van der Waals surface area contributed by atoms with Gasteiger partial charge in [0.15, 0.2) is 0 Å². The van der Waals surface area contributed by atoms with Crippen molar-refractivity contribution in [3.8, 4) is 0 Å². The highest BCUT2D eigenvalue weighted by Crippen LogP contribution is 2.21. The van der Waals surface area contributed by atoms with Gasteiger partial charge in [0.25, 0.3) is 0 Å². The maximum atomic E-state index is 5.10. The van der Waals surface area contributed by atoms with Crippen molar-refractivity contribution in [3.05, 3.63) is 107 Å². The number of nitrogens with zero attached hydrogens (tertiary/aromatic N) is 2. The molecule has 0 spiro atoms. The molecule has 0 amide bonds. The Bertz CT molecular complexity index is 867. The summed E-state index contributed by atoms with van der Waals surface area (Å²) in [5, 5.41) is 0. The maximum Gasteiger partial charge on any atom is 0.131 e. The lowest BCUT2D eigenvalue weighted by molar-refractivity contribution is 0.417. The molecule has 1 aliphatic heterocycles. The molecule has 1 heterocycles. The molecule has 0 fully saturated rings. The smallest absolute Gasteiger partial charge is 0.131 e. The van der Waals surface area contributed by atoms with Gasteiger partial charge in [-0.05, 0) is 24.5 Å². The van der Waals surface area contributed by atoms with Gasteiger partial charge in [0, 0.05) is 18.7 Å². The Morgan fingerprint density at radius 3 is 2.08 bits per heavy atom. The average molecular weight is 340 g/mol. The molecule has 2 nitrogen and oxygen atoms in total. The van der Waals surface area contributed by atoms with Gasteiger partial charge < -0.3 is 4.90 Å². The van der Waals surface area contributed by atoms with E-state index in [4.69, 9.17) is 4.99 Å². The summed E-state index contributed by atoms with van der Waals surface area (Å²) in [4.78, 5) is 7.53. The van der Waals surface area contributed by atoms with E-state index in [-0.39, 0.29) is 0 Å². The molecule has 130 valence electrons. The topological polar surface area (TPSA) is 15.6 Å². The molecule has 1 atom stereocenters. The SMILES string of the molecule is Cc1ccc(C2=NC(Cc3ccccc3)CN2Cc2ccccc2)cc1. The van der Waals surface area contributed by atoms with Crippen molar-refractivity contribution in [1.82, 2.24) is 4.90 Å². The first-order valence-electron chi connectivity index (χ1n) is 9.25. The van der Waals surface area contributed by atoms with E-state index >= 15 is 0 Å². The fraction of sp³-hybridized carbons (Fsp3) is 0.208. The number of aliphatic imine (C=N–C) groups is 1. The predicted molar refractivity (Wildman–Crippen MR) is 109 cm³/mol. The molecule has 1 aliphatic rings. The molecule has 26 heavy (non-hydrogen) atoms. The lowest BCUT2D eigenvalue weighted by atomic mass is 10.1.